The molecule has 0 unspecified atom stereocenters. The topological polar surface area (TPSA) is 70.6 Å². The molecule has 5 rings (SSSR count). The molecule has 41 heavy (non-hydrogen) atoms. The Labute approximate surface area is 235 Å². The van der Waals surface area contributed by atoms with Gasteiger partial charge in [0.15, 0.2) is 9.84 Å². The van der Waals surface area contributed by atoms with E-state index < -0.39 is 27.4 Å². The molecule has 1 fully saturated rings. The van der Waals surface area contributed by atoms with E-state index in [1.54, 1.807) is 65.7 Å². The normalized spacial score (nSPS) is 15.2. The maximum Gasteiger partial charge on any atom is 0.419 e. The van der Waals surface area contributed by atoms with Gasteiger partial charge < -0.3 is 4.90 Å². The van der Waals surface area contributed by atoms with Gasteiger partial charge in [0.2, 0.25) is 0 Å². The van der Waals surface area contributed by atoms with E-state index in [1.165, 1.54) is 6.07 Å². The first-order chi connectivity index (χ1) is 19.5. The van der Waals surface area contributed by atoms with Crippen LogP contribution in [0.3, 0.4) is 0 Å². The van der Waals surface area contributed by atoms with Crippen LogP contribution in [0.1, 0.15) is 33.5 Å². The Bertz CT molecular complexity index is 1670. The first-order valence-electron chi connectivity index (χ1n) is 13.0. The van der Waals surface area contributed by atoms with Gasteiger partial charge in [-0.25, -0.2) is 12.8 Å². The van der Waals surface area contributed by atoms with Crippen LogP contribution < -0.4 is 0 Å². The van der Waals surface area contributed by atoms with Crippen LogP contribution in [0, 0.1) is 5.82 Å². The van der Waals surface area contributed by atoms with Crippen LogP contribution in [0.25, 0.3) is 10.9 Å². The van der Waals surface area contributed by atoms with Crippen molar-refractivity contribution >= 4 is 26.6 Å². The highest BCUT2D eigenvalue weighted by Gasteiger charge is 2.34. The van der Waals surface area contributed by atoms with Crippen LogP contribution in [0.4, 0.5) is 17.6 Å². The molecule has 1 aliphatic heterocycles. The summed E-state index contributed by atoms with van der Waals surface area (Å²) >= 11 is 0. The van der Waals surface area contributed by atoms with E-state index in [0.717, 1.165) is 17.5 Å². The maximum atomic E-state index is 14.0. The number of sulfone groups is 1. The second-order valence-corrected chi connectivity index (χ2v) is 12.0. The molecular formula is C30H27F4N3O3S. The number of aromatic nitrogens is 1. The molecule has 3 aromatic carbocycles. The predicted octanol–water partition coefficient (Wildman–Crippen LogP) is 5.71. The first-order valence-corrected chi connectivity index (χ1v) is 14.7. The lowest BCUT2D eigenvalue weighted by molar-refractivity contribution is -0.140. The molecule has 0 N–H and O–H groups in total. The number of nitrogens with zero attached hydrogens (tertiary/aromatic N) is 3. The lowest BCUT2D eigenvalue weighted by Gasteiger charge is -2.22. The molecule has 6 nitrogen and oxygen atoms in total. The number of fused-ring (bicyclic) bond motifs is 1. The van der Waals surface area contributed by atoms with Crippen LogP contribution in [0.2, 0.25) is 0 Å². The third-order valence-electron chi connectivity index (χ3n) is 7.11. The summed E-state index contributed by atoms with van der Waals surface area (Å²) in [6.07, 6.45) is -2.55. The number of hydrogen-bond acceptors (Lipinski definition) is 5. The van der Waals surface area contributed by atoms with Crippen LogP contribution in [-0.2, 0) is 28.3 Å². The fraction of sp³-hybridized carbons (Fsp3) is 0.267. The molecule has 4 aromatic rings. The van der Waals surface area contributed by atoms with Crippen molar-refractivity contribution in [1.29, 1.82) is 0 Å². The van der Waals surface area contributed by atoms with Crippen molar-refractivity contribution in [3.63, 3.8) is 0 Å². The molecule has 0 radical (unpaired) electrons. The van der Waals surface area contributed by atoms with Crippen molar-refractivity contribution < 1.29 is 30.8 Å². The molecule has 214 valence electrons. The number of halogens is 4. The summed E-state index contributed by atoms with van der Waals surface area (Å²) in [5, 5.41) is 0.733. The maximum absolute atomic E-state index is 14.0. The first kappa shape index (κ1) is 28.7. The number of carbonyl (C=O) groups excluding carboxylic acids is 1. The fourth-order valence-corrected chi connectivity index (χ4v) is 6.57. The zero-order valence-electron chi connectivity index (χ0n) is 21.9. The van der Waals surface area contributed by atoms with E-state index >= 15 is 0 Å². The second kappa shape index (κ2) is 11.6. The molecule has 0 atom stereocenters. The zero-order valence-corrected chi connectivity index (χ0v) is 22.8. The minimum atomic E-state index is -4.74. The molecule has 0 aliphatic carbocycles. The van der Waals surface area contributed by atoms with E-state index in [0.29, 0.717) is 54.8 Å². The molecule has 1 saturated heterocycles. The molecule has 0 spiro atoms. The van der Waals surface area contributed by atoms with Gasteiger partial charge in [0.25, 0.3) is 5.91 Å². The highest BCUT2D eigenvalue weighted by Crippen LogP contribution is 2.32. The van der Waals surface area contributed by atoms with Crippen molar-refractivity contribution in [2.75, 3.05) is 26.2 Å². The van der Waals surface area contributed by atoms with Crippen molar-refractivity contribution in [2.45, 2.75) is 29.8 Å². The van der Waals surface area contributed by atoms with Crippen molar-refractivity contribution in [3.8, 4) is 0 Å². The van der Waals surface area contributed by atoms with Gasteiger partial charge in [-0.15, -0.1) is 0 Å². The lowest BCUT2D eigenvalue weighted by Crippen LogP contribution is -2.35. The second-order valence-electron chi connectivity index (χ2n) is 10.0. The molecule has 1 amide bonds. The van der Waals surface area contributed by atoms with Gasteiger partial charge in [-0.1, -0.05) is 36.4 Å². The number of pyridine rings is 1. The largest absolute Gasteiger partial charge is 0.419 e. The number of amides is 1. The number of carbonyl (C=O) groups is 1. The molecule has 11 heteroatoms. The number of hydrogen-bond donors (Lipinski definition) is 0. The minimum absolute atomic E-state index is 0.156. The number of rotatable bonds is 6. The molecule has 2 heterocycles. The molecule has 0 bridgehead atoms. The van der Waals surface area contributed by atoms with E-state index in [9.17, 15) is 30.8 Å². The van der Waals surface area contributed by atoms with Gasteiger partial charge in [-0.2, -0.15) is 13.2 Å². The molecule has 1 aromatic heterocycles. The highest BCUT2D eigenvalue weighted by molar-refractivity contribution is 7.90. The zero-order chi connectivity index (χ0) is 29.2. The Morgan fingerprint density at radius 3 is 2.34 bits per heavy atom. The predicted molar refractivity (Wildman–Crippen MR) is 146 cm³/mol. The van der Waals surface area contributed by atoms with Crippen LogP contribution >= 0.6 is 0 Å². The fourth-order valence-electron chi connectivity index (χ4n) is 5.03. The summed E-state index contributed by atoms with van der Waals surface area (Å²) in [6.45, 7) is 2.23. The third-order valence-corrected chi connectivity index (χ3v) is 8.82. The minimum Gasteiger partial charge on any atom is -0.337 e. The van der Waals surface area contributed by atoms with Gasteiger partial charge in [-0.3, -0.25) is 14.7 Å². The monoisotopic (exact) mass is 585 g/mol. The summed E-state index contributed by atoms with van der Waals surface area (Å²) in [7, 11) is -3.69. The van der Waals surface area contributed by atoms with E-state index in [2.05, 4.69) is 4.98 Å². The summed E-state index contributed by atoms with van der Waals surface area (Å²) < 4.78 is 78.9. The van der Waals surface area contributed by atoms with E-state index in [-0.39, 0.29) is 23.1 Å². The molecule has 0 saturated carbocycles. The Morgan fingerprint density at radius 2 is 1.61 bits per heavy atom. The van der Waals surface area contributed by atoms with Crippen molar-refractivity contribution in [2.24, 2.45) is 0 Å². The van der Waals surface area contributed by atoms with E-state index in [4.69, 9.17) is 0 Å². The van der Waals surface area contributed by atoms with Crippen LogP contribution in [-0.4, -0.2) is 55.3 Å². The standard InChI is InChI=1S/C30H27F4N3O3S/c31-26-18-22(9-12-25(26)30(32,33)34)19-36-14-3-15-37(17-16-36)29(38)24-10-7-21(8-11-24)20-41(39,40)27-6-1-4-23-5-2-13-35-28(23)27/h1-2,4-13,18H,3,14-17,19-20H2. The van der Waals surface area contributed by atoms with Gasteiger partial charge in [0, 0.05) is 49.9 Å². The average Bonchev–Trinajstić information content (AvgIpc) is 3.17. The highest BCUT2D eigenvalue weighted by atomic mass is 32.2. The summed E-state index contributed by atoms with van der Waals surface area (Å²) in [6, 6.07) is 18.0. The number of benzene rings is 3. The average molecular weight is 586 g/mol. The van der Waals surface area contributed by atoms with Gasteiger partial charge in [0.1, 0.15) is 5.82 Å². The Morgan fingerprint density at radius 1 is 0.878 bits per heavy atom. The lowest BCUT2D eigenvalue weighted by atomic mass is 10.1. The SMILES string of the molecule is O=C(c1ccc(CS(=O)(=O)c2cccc3cccnc23)cc1)N1CCCN(Cc2ccc(C(F)(F)F)c(F)c2)CC1. The van der Waals surface area contributed by atoms with Crippen molar-refractivity contribution in [3.05, 3.63) is 107 Å². The van der Waals surface area contributed by atoms with Gasteiger partial charge in [0.05, 0.1) is 21.7 Å². The van der Waals surface area contributed by atoms with Crippen LogP contribution in [0.15, 0.2) is 83.9 Å². The van der Waals surface area contributed by atoms with Gasteiger partial charge in [-0.05, 0) is 53.9 Å². The third kappa shape index (κ3) is 6.57. The van der Waals surface area contributed by atoms with Crippen molar-refractivity contribution in [1.82, 2.24) is 14.8 Å². The van der Waals surface area contributed by atoms with Gasteiger partial charge >= 0.3 is 6.18 Å². The number of para-hydroxylation sites is 1. The summed E-state index contributed by atoms with van der Waals surface area (Å²) in [5.41, 5.74) is 0.528. The summed E-state index contributed by atoms with van der Waals surface area (Å²) in [4.78, 5) is 21.3. The quantitative estimate of drug-likeness (QED) is 0.271. The number of alkyl halides is 3. The molecule has 1 aliphatic rings. The van der Waals surface area contributed by atoms with Crippen LogP contribution in [0.5, 0.6) is 0 Å². The molecular weight excluding hydrogens is 558 g/mol. The smallest absolute Gasteiger partial charge is 0.337 e. The van der Waals surface area contributed by atoms with E-state index in [1.807, 2.05) is 4.90 Å². The Hall–Kier alpha value is -3.83. The Balaban J connectivity index is 1.21. The summed E-state index contributed by atoms with van der Waals surface area (Å²) in [5.74, 6) is -1.73. The Kier molecular flexibility index (Phi) is 8.10.